The lowest BCUT2D eigenvalue weighted by Gasteiger charge is -2.31. The first-order chi connectivity index (χ1) is 8.43. The summed E-state index contributed by atoms with van der Waals surface area (Å²) in [4.78, 5) is 0. The molecule has 1 N–H and O–H groups in total. The van der Waals surface area contributed by atoms with Crippen LogP contribution < -0.4 is 5.32 Å². The second-order valence-corrected chi connectivity index (χ2v) is 7.48. The molecule has 1 aromatic rings. The predicted molar refractivity (Wildman–Crippen MR) is 75.1 cm³/mol. The number of hydrogen-bond donors (Lipinski definition) is 1. The van der Waals surface area contributed by atoms with Gasteiger partial charge in [-0.05, 0) is 18.1 Å². The van der Waals surface area contributed by atoms with Gasteiger partial charge in [-0.3, -0.25) is 0 Å². The maximum Gasteiger partial charge on any atom is 0.153 e. The van der Waals surface area contributed by atoms with Crippen molar-refractivity contribution in [2.24, 2.45) is 0 Å². The minimum Gasteiger partial charge on any atom is -0.305 e. The molecule has 18 heavy (non-hydrogen) atoms. The standard InChI is InChI=1S/C12H15Cl2NO2S/c1-2-8-6-18(16,17)7-11(15-8)9-4-3-5-10(13)12(9)14/h3-5,8,11,15H,2,6-7H2,1H3. The van der Waals surface area contributed by atoms with Crippen LogP contribution in [0.5, 0.6) is 0 Å². The van der Waals surface area contributed by atoms with Crippen LogP contribution in [-0.2, 0) is 9.84 Å². The van der Waals surface area contributed by atoms with Crippen molar-refractivity contribution >= 4 is 33.0 Å². The number of nitrogens with one attached hydrogen (secondary N) is 1. The molecule has 1 aliphatic heterocycles. The van der Waals surface area contributed by atoms with Crippen molar-refractivity contribution in [1.29, 1.82) is 0 Å². The third-order valence-corrected chi connectivity index (χ3v) is 5.75. The van der Waals surface area contributed by atoms with E-state index < -0.39 is 9.84 Å². The molecule has 0 aliphatic carbocycles. The number of benzene rings is 1. The first-order valence-electron chi connectivity index (χ1n) is 5.83. The van der Waals surface area contributed by atoms with Crippen LogP contribution in [0.3, 0.4) is 0 Å². The van der Waals surface area contributed by atoms with Gasteiger partial charge in [0, 0.05) is 12.1 Å². The van der Waals surface area contributed by atoms with E-state index in [0.29, 0.717) is 10.0 Å². The van der Waals surface area contributed by atoms with Crippen molar-refractivity contribution in [2.75, 3.05) is 11.5 Å². The molecule has 1 aliphatic rings. The molecule has 0 spiro atoms. The van der Waals surface area contributed by atoms with Crippen LogP contribution in [0.4, 0.5) is 0 Å². The number of halogens is 2. The Hall–Kier alpha value is -0.290. The molecule has 0 bridgehead atoms. The van der Waals surface area contributed by atoms with Gasteiger partial charge >= 0.3 is 0 Å². The Bertz CT molecular complexity index is 545. The molecule has 2 atom stereocenters. The van der Waals surface area contributed by atoms with Gasteiger partial charge in [0.15, 0.2) is 9.84 Å². The zero-order chi connectivity index (χ0) is 13.3. The van der Waals surface area contributed by atoms with Gasteiger partial charge in [-0.1, -0.05) is 42.3 Å². The second-order valence-electron chi connectivity index (χ2n) is 4.54. The van der Waals surface area contributed by atoms with Crippen molar-refractivity contribution in [3.63, 3.8) is 0 Å². The Labute approximate surface area is 117 Å². The molecule has 3 nitrogen and oxygen atoms in total. The fourth-order valence-corrected chi connectivity index (χ4v) is 4.52. The summed E-state index contributed by atoms with van der Waals surface area (Å²) in [5, 5.41) is 4.21. The number of rotatable bonds is 2. The summed E-state index contributed by atoms with van der Waals surface area (Å²) < 4.78 is 23.8. The molecule has 100 valence electrons. The van der Waals surface area contributed by atoms with E-state index in [1.165, 1.54) is 0 Å². The minimum atomic E-state index is -3.04. The highest BCUT2D eigenvalue weighted by Crippen LogP contribution is 2.32. The van der Waals surface area contributed by atoms with Crippen LogP contribution in [0.15, 0.2) is 18.2 Å². The van der Waals surface area contributed by atoms with E-state index in [4.69, 9.17) is 23.2 Å². The van der Waals surface area contributed by atoms with Crippen molar-refractivity contribution in [2.45, 2.75) is 25.4 Å². The molecule has 2 unspecified atom stereocenters. The quantitative estimate of drug-likeness (QED) is 0.914. The van der Waals surface area contributed by atoms with Gasteiger partial charge in [0.05, 0.1) is 21.6 Å². The van der Waals surface area contributed by atoms with Crippen LogP contribution in [-0.4, -0.2) is 26.0 Å². The average molecular weight is 308 g/mol. The third kappa shape index (κ3) is 2.99. The van der Waals surface area contributed by atoms with Crippen molar-refractivity contribution < 1.29 is 8.42 Å². The second kappa shape index (κ2) is 5.37. The van der Waals surface area contributed by atoms with Gasteiger partial charge in [-0.15, -0.1) is 0 Å². The van der Waals surface area contributed by atoms with Crippen molar-refractivity contribution in [3.8, 4) is 0 Å². The first kappa shape index (κ1) is 14.1. The van der Waals surface area contributed by atoms with E-state index in [0.717, 1.165) is 12.0 Å². The summed E-state index contributed by atoms with van der Waals surface area (Å²) in [7, 11) is -3.04. The van der Waals surface area contributed by atoms with Gasteiger partial charge in [0.1, 0.15) is 0 Å². The zero-order valence-electron chi connectivity index (χ0n) is 9.99. The lowest BCUT2D eigenvalue weighted by atomic mass is 10.1. The highest BCUT2D eigenvalue weighted by atomic mass is 35.5. The fourth-order valence-electron chi connectivity index (χ4n) is 2.21. The Kier molecular flexibility index (Phi) is 4.22. The van der Waals surface area contributed by atoms with Crippen molar-refractivity contribution in [3.05, 3.63) is 33.8 Å². The molecule has 1 saturated heterocycles. The zero-order valence-corrected chi connectivity index (χ0v) is 12.3. The molecule has 0 aromatic heterocycles. The van der Waals surface area contributed by atoms with E-state index >= 15 is 0 Å². The molecule has 0 saturated carbocycles. The van der Waals surface area contributed by atoms with Gasteiger partial charge < -0.3 is 5.32 Å². The van der Waals surface area contributed by atoms with Crippen LogP contribution in [0, 0.1) is 0 Å². The number of hydrogen-bond acceptors (Lipinski definition) is 3. The average Bonchev–Trinajstić information content (AvgIpc) is 2.30. The van der Waals surface area contributed by atoms with Crippen LogP contribution in [0.25, 0.3) is 0 Å². The molecule has 1 aromatic carbocycles. The van der Waals surface area contributed by atoms with Crippen LogP contribution in [0.2, 0.25) is 10.0 Å². The monoisotopic (exact) mass is 307 g/mol. The van der Waals surface area contributed by atoms with E-state index in [2.05, 4.69) is 5.32 Å². The molecule has 6 heteroatoms. The predicted octanol–water partition coefficient (Wildman–Crippen LogP) is 2.83. The molecule has 1 fully saturated rings. The van der Waals surface area contributed by atoms with Crippen LogP contribution in [0.1, 0.15) is 24.9 Å². The highest BCUT2D eigenvalue weighted by Gasteiger charge is 2.32. The van der Waals surface area contributed by atoms with Crippen molar-refractivity contribution in [1.82, 2.24) is 5.32 Å². The van der Waals surface area contributed by atoms with E-state index in [-0.39, 0.29) is 23.6 Å². The first-order valence-corrected chi connectivity index (χ1v) is 8.41. The Balaban J connectivity index is 2.35. The van der Waals surface area contributed by atoms with E-state index in [1.807, 2.05) is 13.0 Å². The van der Waals surface area contributed by atoms with Gasteiger partial charge in [0.2, 0.25) is 0 Å². The van der Waals surface area contributed by atoms with Gasteiger partial charge in [0.25, 0.3) is 0 Å². The summed E-state index contributed by atoms with van der Waals surface area (Å²) in [5.74, 6) is 0.266. The van der Waals surface area contributed by atoms with Gasteiger partial charge in [-0.2, -0.15) is 0 Å². The summed E-state index contributed by atoms with van der Waals surface area (Å²) >= 11 is 12.1. The topological polar surface area (TPSA) is 46.2 Å². The SMILES string of the molecule is CCC1CS(=O)(=O)CC(c2cccc(Cl)c2Cl)N1. The summed E-state index contributed by atoms with van der Waals surface area (Å²) in [5.41, 5.74) is 0.755. The van der Waals surface area contributed by atoms with E-state index in [1.54, 1.807) is 12.1 Å². The summed E-state index contributed by atoms with van der Waals surface area (Å²) in [6.07, 6.45) is 0.772. The Morgan fingerprint density at radius 2 is 2.06 bits per heavy atom. The Morgan fingerprint density at radius 1 is 1.33 bits per heavy atom. The molecular formula is C12H15Cl2NO2S. The maximum atomic E-state index is 11.9. The lowest BCUT2D eigenvalue weighted by Crippen LogP contribution is -2.46. The minimum absolute atomic E-state index is 0.0243. The Morgan fingerprint density at radius 3 is 2.72 bits per heavy atom. The number of sulfone groups is 1. The molecule has 2 rings (SSSR count). The smallest absolute Gasteiger partial charge is 0.153 e. The molecule has 0 amide bonds. The van der Waals surface area contributed by atoms with Crippen LogP contribution >= 0.6 is 23.2 Å². The molecule has 1 heterocycles. The molecule has 0 radical (unpaired) electrons. The fraction of sp³-hybridized carbons (Fsp3) is 0.500. The largest absolute Gasteiger partial charge is 0.305 e. The van der Waals surface area contributed by atoms with Gasteiger partial charge in [-0.25, -0.2) is 8.42 Å². The summed E-state index contributed by atoms with van der Waals surface area (Å²) in [6.45, 7) is 1.97. The maximum absolute atomic E-state index is 11.9. The van der Waals surface area contributed by atoms with E-state index in [9.17, 15) is 8.42 Å². The highest BCUT2D eigenvalue weighted by molar-refractivity contribution is 7.91. The summed E-state index contributed by atoms with van der Waals surface area (Å²) in [6, 6.07) is 5.00. The lowest BCUT2D eigenvalue weighted by molar-refractivity contribution is 0.440. The third-order valence-electron chi connectivity index (χ3n) is 3.16. The molecular weight excluding hydrogens is 293 g/mol. The normalized spacial score (nSPS) is 27.1.